The SMILES string of the molecule is CC(C)CC(NS(C)(=O)=O)C(=O)N(C)CCCC(=O)O. The zero-order valence-corrected chi connectivity index (χ0v) is 13.2. The lowest BCUT2D eigenvalue weighted by molar-refractivity contribution is -0.138. The van der Waals surface area contributed by atoms with E-state index in [1.54, 1.807) is 7.05 Å². The van der Waals surface area contributed by atoms with Crippen molar-refractivity contribution in [1.29, 1.82) is 0 Å². The number of carboxylic acid groups (broad SMARTS) is 1. The number of sulfonamides is 1. The molecule has 8 heteroatoms. The Balaban J connectivity index is 4.63. The van der Waals surface area contributed by atoms with Gasteiger partial charge in [-0.1, -0.05) is 13.8 Å². The summed E-state index contributed by atoms with van der Waals surface area (Å²) in [7, 11) is -1.93. The van der Waals surface area contributed by atoms with Crippen LogP contribution in [0.3, 0.4) is 0 Å². The number of aliphatic carboxylic acids is 1. The van der Waals surface area contributed by atoms with Crippen LogP contribution in [0, 0.1) is 5.92 Å². The van der Waals surface area contributed by atoms with Gasteiger partial charge in [-0.2, -0.15) is 0 Å². The molecule has 0 bridgehead atoms. The van der Waals surface area contributed by atoms with Crippen LogP contribution in [0.5, 0.6) is 0 Å². The highest BCUT2D eigenvalue weighted by atomic mass is 32.2. The molecule has 0 aliphatic carbocycles. The molecule has 1 amide bonds. The van der Waals surface area contributed by atoms with Crippen molar-refractivity contribution in [2.75, 3.05) is 19.8 Å². The minimum Gasteiger partial charge on any atom is -0.481 e. The first-order valence-electron chi connectivity index (χ1n) is 6.47. The minimum absolute atomic E-state index is 0.0219. The van der Waals surface area contributed by atoms with Gasteiger partial charge in [-0.25, -0.2) is 13.1 Å². The van der Waals surface area contributed by atoms with Crippen molar-refractivity contribution in [1.82, 2.24) is 9.62 Å². The average Bonchev–Trinajstić information content (AvgIpc) is 2.23. The van der Waals surface area contributed by atoms with Crippen LogP contribution in [0.2, 0.25) is 0 Å². The van der Waals surface area contributed by atoms with Gasteiger partial charge in [-0.3, -0.25) is 9.59 Å². The first-order valence-corrected chi connectivity index (χ1v) is 8.36. The molecule has 2 N–H and O–H groups in total. The highest BCUT2D eigenvalue weighted by molar-refractivity contribution is 7.88. The second-order valence-corrected chi connectivity index (χ2v) is 7.11. The Bertz CT molecular complexity index is 433. The van der Waals surface area contributed by atoms with Crippen LogP contribution in [0.4, 0.5) is 0 Å². The molecule has 0 aromatic rings. The number of carboxylic acids is 1. The summed E-state index contributed by atoms with van der Waals surface area (Å²) in [6.45, 7) is 4.08. The van der Waals surface area contributed by atoms with E-state index in [4.69, 9.17) is 5.11 Å². The van der Waals surface area contributed by atoms with Crippen LogP contribution in [-0.4, -0.2) is 56.2 Å². The Morgan fingerprint density at radius 1 is 1.30 bits per heavy atom. The Morgan fingerprint density at radius 2 is 1.85 bits per heavy atom. The van der Waals surface area contributed by atoms with Gasteiger partial charge >= 0.3 is 5.97 Å². The summed E-state index contributed by atoms with van der Waals surface area (Å²) in [5.74, 6) is -1.10. The summed E-state index contributed by atoms with van der Waals surface area (Å²) in [4.78, 5) is 24.0. The molecule has 118 valence electrons. The molecule has 0 rings (SSSR count). The largest absolute Gasteiger partial charge is 0.481 e. The minimum atomic E-state index is -3.47. The van der Waals surface area contributed by atoms with Crippen LogP contribution < -0.4 is 4.72 Å². The molecular formula is C12H24N2O5S. The maximum Gasteiger partial charge on any atom is 0.303 e. The number of carbonyl (C=O) groups is 2. The van der Waals surface area contributed by atoms with Gasteiger partial charge in [0, 0.05) is 20.0 Å². The summed E-state index contributed by atoms with van der Waals surface area (Å²) in [5.41, 5.74) is 0. The van der Waals surface area contributed by atoms with E-state index in [-0.39, 0.29) is 24.8 Å². The zero-order chi connectivity index (χ0) is 15.9. The predicted molar refractivity (Wildman–Crippen MR) is 75.7 cm³/mol. The van der Waals surface area contributed by atoms with Crippen LogP contribution in [-0.2, 0) is 19.6 Å². The van der Waals surface area contributed by atoms with Gasteiger partial charge in [-0.05, 0) is 18.8 Å². The fraction of sp³-hybridized carbons (Fsp3) is 0.833. The molecule has 0 aromatic heterocycles. The van der Waals surface area contributed by atoms with Crippen molar-refractivity contribution in [2.24, 2.45) is 5.92 Å². The molecular weight excluding hydrogens is 284 g/mol. The Morgan fingerprint density at radius 3 is 2.25 bits per heavy atom. The molecule has 7 nitrogen and oxygen atoms in total. The lowest BCUT2D eigenvalue weighted by Gasteiger charge is -2.25. The number of hydrogen-bond donors (Lipinski definition) is 2. The molecule has 1 unspecified atom stereocenters. The van der Waals surface area contributed by atoms with E-state index in [1.807, 2.05) is 13.8 Å². The number of carbonyl (C=O) groups excluding carboxylic acids is 1. The zero-order valence-electron chi connectivity index (χ0n) is 12.4. The van der Waals surface area contributed by atoms with Gasteiger partial charge in [0.15, 0.2) is 0 Å². The average molecular weight is 308 g/mol. The maximum absolute atomic E-state index is 12.2. The number of hydrogen-bond acceptors (Lipinski definition) is 4. The first-order chi connectivity index (χ1) is 9.03. The number of likely N-dealkylation sites (N-methyl/N-ethyl adjacent to an activating group) is 1. The highest BCUT2D eigenvalue weighted by Crippen LogP contribution is 2.09. The van der Waals surface area contributed by atoms with E-state index in [2.05, 4.69) is 4.72 Å². The molecule has 1 atom stereocenters. The third kappa shape index (κ3) is 8.87. The Hall–Kier alpha value is -1.15. The second-order valence-electron chi connectivity index (χ2n) is 5.33. The van der Waals surface area contributed by atoms with E-state index in [1.165, 1.54) is 4.90 Å². The molecule has 0 fully saturated rings. The first kappa shape index (κ1) is 18.9. The van der Waals surface area contributed by atoms with Gasteiger partial charge in [0.1, 0.15) is 6.04 Å². The summed E-state index contributed by atoms with van der Waals surface area (Å²) >= 11 is 0. The fourth-order valence-electron chi connectivity index (χ4n) is 1.77. The molecule has 0 spiro atoms. The second kappa shape index (κ2) is 8.21. The molecule has 0 saturated heterocycles. The van der Waals surface area contributed by atoms with Crippen LogP contribution in [0.1, 0.15) is 33.1 Å². The summed E-state index contributed by atoms with van der Waals surface area (Å²) in [5, 5.41) is 8.55. The Labute approximate surface area is 120 Å². The summed E-state index contributed by atoms with van der Waals surface area (Å²) in [6, 6.07) is -0.806. The van der Waals surface area contributed by atoms with Crippen molar-refractivity contribution in [3.05, 3.63) is 0 Å². The van der Waals surface area contributed by atoms with Crippen molar-refractivity contribution in [3.8, 4) is 0 Å². The lowest BCUT2D eigenvalue weighted by atomic mass is 10.0. The third-order valence-corrected chi connectivity index (χ3v) is 3.33. The van der Waals surface area contributed by atoms with E-state index in [0.29, 0.717) is 12.8 Å². The number of amides is 1. The van der Waals surface area contributed by atoms with Gasteiger partial charge < -0.3 is 10.0 Å². The molecule has 0 radical (unpaired) electrons. The normalized spacial score (nSPS) is 13.2. The molecule has 20 heavy (non-hydrogen) atoms. The summed E-state index contributed by atoms with van der Waals surface area (Å²) in [6.07, 6.45) is 1.73. The van der Waals surface area contributed by atoms with Gasteiger partial charge in [0.2, 0.25) is 15.9 Å². The van der Waals surface area contributed by atoms with E-state index < -0.39 is 22.0 Å². The molecule has 0 heterocycles. The van der Waals surface area contributed by atoms with Crippen molar-refractivity contribution in [3.63, 3.8) is 0 Å². The van der Waals surface area contributed by atoms with Crippen molar-refractivity contribution < 1.29 is 23.1 Å². The quantitative estimate of drug-likeness (QED) is 0.636. The van der Waals surface area contributed by atoms with E-state index in [0.717, 1.165) is 6.26 Å². The van der Waals surface area contributed by atoms with Crippen LogP contribution >= 0.6 is 0 Å². The van der Waals surface area contributed by atoms with E-state index >= 15 is 0 Å². The maximum atomic E-state index is 12.2. The molecule has 0 aliphatic rings. The monoisotopic (exact) mass is 308 g/mol. The smallest absolute Gasteiger partial charge is 0.303 e. The topological polar surface area (TPSA) is 104 Å². The van der Waals surface area contributed by atoms with Gasteiger partial charge in [0.05, 0.1) is 6.26 Å². The number of nitrogens with one attached hydrogen (secondary N) is 1. The van der Waals surface area contributed by atoms with E-state index in [9.17, 15) is 18.0 Å². The Kier molecular flexibility index (Phi) is 7.74. The van der Waals surface area contributed by atoms with Gasteiger partial charge in [-0.15, -0.1) is 0 Å². The van der Waals surface area contributed by atoms with Crippen molar-refractivity contribution >= 4 is 21.9 Å². The third-order valence-electron chi connectivity index (χ3n) is 2.62. The fourth-order valence-corrected chi connectivity index (χ4v) is 2.49. The number of nitrogens with zero attached hydrogens (tertiary/aromatic N) is 1. The summed E-state index contributed by atoms with van der Waals surface area (Å²) < 4.78 is 24.9. The highest BCUT2D eigenvalue weighted by Gasteiger charge is 2.25. The lowest BCUT2D eigenvalue weighted by Crippen LogP contribution is -2.47. The molecule has 0 aromatic carbocycles. The predicted octanol–water partition coefficient (Wildman–Crippen LogP) is 0.274. The van der Waals surface area contributed by atoms with Gasteiger partial charge in [0.25, 0.3) is 0 Å². The number of rotatable bonds is 9. The molecule has 0 saturated carbocycles. The van der Waals surface area contributed by atoms with Crippen LogP contribution in [0.15, 0.2) is 0 Å². The standard InChI is InChI=1S/C12H24N2O5S/c1-9(2)8-10(13-20(4,18)19)12(17)14(3)7-5-6-11(15)16/h9-10,13H,5-8H2,1-4H3,(H,15,16). The van der Waals surface area contributed by atoms with Crippen molar-refractivity contribution in [2.45, 2.75) is 39.2 Å². The van der Waals surface area contributed by atoms with Crippen LogP contribution in [0.25, 0.3) is 0 Å². The molecule has 0 aliphatic heterocycles.